The molecule has 0 aromatic carbocycles. The maximum Gasteiger partial charge on any atom is 0.300 e. The molecule has 3 nitrogen and oxygen atoms in total. The third-order valence-electron chi connectivity index (χ3n) is 2.94. The summed E-state index contributed by atoms with van der Waals surface area (Å²) in [5, 5.41) is 4.06. The van der Waals surface area contributed by atoms with Crippen LogP contribution in [0.2, 0.25) is 0 Å². The van der Waals surface area contributed by atoms with E-state index in [-0.39, 0.29) is 5.57 Å². The quantitative estimate of drug-likeness (QED) is 0.586. The van der Waals surface area contributed by atoms with Crippen LogP contribution in [0.25, 0.3) is 5.70 Å². The molecule has 0 atom stereocenters. The number of rotatable bonds is 6. The number of Topliss-reactive ketones (excluding diaryl/α,β-unsaturated/α-hetero) is 1. The number of alkyl halides is 2. The van der Waals surface area contributed by atoms with Gasteiger partial charge in [0, 0.05) is 18.0 Å². The molecule has 0 unspecified atom stereocenters. The van der Waals surface area contributed by atoms with Gasteiger partial charge < -0.3 is 0 Å². The zero-order chi connectivity index (χ0) is 15.1. The first-order valence-electron chi connectivity index (χ1n) is 6.37. The molecule has 5 heteroatoms. The highest BCUT2D eigenvalue weighted by Gasteiger charge is 2.20. The number of aromatic nitrogens is 2. The molecule has 0 spiro atoms. The molecule has 1 aromatic heterocycles. The zero-order valence-electron chi connectivity index (χ0n) is 11.8. The number of nitrogens with zero attached hydrogens (tertiary/aromatic N) is 2. The Bertz CT molecular complexity index is 540. The van der Waals surface area contributed by atoms with Crippen LogP contribution in [-0.2, 0) is 4.79 Å². The van der Waals surface area contributed by atoms with Crippen molar-refractivity contribution in [1.82, 2.24) is 9.78 Å². The van der Waals surface area contributed by atoms with E-state index in [1.165, 1.54) is 6.08 Å². The maximum absolute atomic E-state index is 12.6. The van der Waals surface area contributed by atoms with E-state index in [1.54, 1.807) is 42.2 Å². The van der Waals surface area contributed by atoms with Crippen molar-refractivity contribution in [3.8, 4) is 0 Å². The van der Waals surface area contributed by atoms with Gasteiger partial charge in [0.15, 0.2) is 0 Å². The van der Waals surface area contributed by atoms with E-state index in [0.717, 1.165) is 0 Å². The largest absolute Gasteiger partial charge is 0.300 e. The molecule has 0 fully saturated rings. The molecule has 20 heavy (non-hydrogen) atoms. The summed E-state index contributed by atoms with van der Waals surface area (Å²) in [7, 11) is 0. The molecule has 0 aliphatic rings. The van der Waals surface area contributed by atoms with Crippen LogP contribution in [0.4, 0.5) is 8.78 Å². The fraction of sp³-hybridized carbons (Fsp3) is 0.333. The molecular weight excluding hydrogens is 262 g/mol. The fourth-order valence-electron chi connectivity index (χ4n) is 1.64. The SMILES string of the molecule is C/C=C(\C=C/C(C(=O)C(F)F)=C(C)CC)n1cccn1. The Balaban J connectivity index is 3.08. The Kier molecular flexibility index (Phi) is 6.03. The minimum atomic E-state index is -2.99. The molecule has 1 aromatic rings. The molecule has 108 valence electrons. The van der Waals surface area contributed by atoms with Crippen molar-refractivity contribution in [2.45, 2.75) is 33.6 Å². The number of carbonyl (C=O) groups excluding carboxylic acids is 1. The number of hydrogen-bond donors (Lipinski definition) is 0. The van der Waals surface area contributed by atoms with Gasteiger partial charge in [-0.2, -0.15) is 5.10 Å². The van der Waals surface area contributed by atoms with Crippen LogP contribution >= 0.6 is 0 Å². The zero-order valence-corrected chi connectivity index (χ0v) is 11.8. The summed E-state index contributed by atoms with van der Waals surface area (Å²) in [6.45, 7) is 5.32. The molecule has 0 N–H and O–H groups in total. The van der Waals surface area contributed by atoms with Crippen molar-refractivity contribution >= 4 is 11.5 Å². The number of carbonyl (C=O) groups is 1. The molecule has 0 saturated carbocycles. The summed E-state index contributed by atoms with van der Waals surface area (Å²) in [6, 6.07) is 1.76. The fourth-order valence-corrected chi connectivity index (χ4v) is 1.64. The lowest BCUT2D eigenvalue weighted by molar-refractivity contribution is -0.125. The average molecular weight is 280 g/mol. The van der Waals surface area contributed by atoms with E-state index in [2.05, 4.69) is 5.10 Å². The summed E-state index contributed by atoms with van der Waals surface area (Å²) in [5.74, 6) is -1.14. The van der Waals surface area contributed by atoms with Crippen molar-refractivity contribution in [3.05, 3.63) is 47.8 Å². The lowest BCUT2D eigenvalue weighted by atomic mass is 10.0. The minimum absolute atomic E-state index is 0.0639. The predicted molar refractivity (Wildman–Crippen MR) is 75.3 cm³/mol. The smallest absolute Gasteiger partial charge is 0.288 e. The molecular formula is C15H18F2N2O. The van der Waals surface area contributed by atoms with Gasteiger partial charge in [-0.3, -0.25) is 4.79 Å². The van der Waals surface area contributed by atoms with Gasteiger partial charge in [0.1, 0.15) is 0 Å². The highest BCUT2D eigenvalue weighted by atomic mass is 19.3. The second kappa shape index (κ2) is 7.53. The van der Waals surface area contributed by atoms with E-state index in [9.17, 15) is 13.6 Å². The third-order valence-corrected chi connectivity index (χ3v) is 2.94. The Morgan fingerprint density at radius 1 is 1.40 bits per heavy atom. The van der Waals surface area contributed by atoms with Crippen molar-refractivity contribution in [1.29, 1.82) is 0 Å². The molecule has 1 rings (SSSR count). The third kappa shape index (κ3) is 3.98. The Morgan fingerprint density at radius 2 is 2.10 bits per heavy atom. The van der Waals surface area contributed by atoms with Gasteiger partial charge in [-0.05, 0) is 38.5 Å². The van der Waals surface area contributed by atoms with E-state index in [0.29, 0.717) is 17.7 Å². The van der Waals surface area contributed by atoms with E-state index >= 15 is 0 Å². The standard InChI is InChI=1S/C15H18F2N2O/c1-4-11(3)13(14(20)15(16)17)8-7-12(5-2)19-10-6-9-18-19/h5-10,15H,4H2,1-3H3/b8-7-,12-5+,13-11?. The molecule has 0 aliphatic heterocycles. The van der Waals surface area contributed by atoms with Crippen molar-refractivity contribution in [3.63, 3.8) is 0 Å². The van der Waals surface area contributed by atoms with Crippen molar-refractivity contribution < 1.29 is 13.6 Å². The first kappa shape index (κ1) is 16.0. The van der Waals surface area contributed by atoms with Crippen LogP contribution in [0, 0.1) is 0 Å². The predicted octanol–water partition coefficient (Wildman–Crippen LogP) is 3.86. The number of ketones is 1. The molecule has 1 heterocycles. The number of allylic oxidation sites excluding steroid dienone is 6. The van der Waals surface area contributed by atoms with Crippen LogP contribution in [0.5, 0.6) is 0 Å². The lowest BCUT2D eigenvalue weighted by Gasteiger charge is -2.06. The monoisotopic (exact) mass is 280 g/mol. The second-order valence-electron chi connectivity index (χ2n) is 4.21. The van der Waals surface area contributed by atoms with E-state index < -0.39 is 12.2 Å². The molecule has 0 amide bonds. The molecule has 0 radical (unpaired) electrons. The Hall–Kier alpha value is -2.04. The summed E-state index contributed by atoms with van der Waals surface area (Å²) in [6.07, 6.45) is 5.75. The van der Waals surface area contributed by atoms with Crippen LogP contribution < -0.4 is 0 Å². The molecule has 0 aliphatic carbocycles. The highest BCUT2D eigenvalue weighted by molar-refractivity contribution is 6.01. The number of halogens is 2. The summed E-state index contributed by atoms with van der Waals surface area (Å²) < 4.78 is 26.8. The summed E-state index contributed by atoms with van der Waals surface area (Å²) >= 11 is 0. The van der Waals surface area contributed by atoms with Gasteiger partial charge in [0.05, 0.1) is 5.70 Å². The number of hydrogen-bond acceptors (Lipinski definition) is 2. The minimum Gasteiger partial charge on any atom is -0.288 e. The van der Waals surface area contributed by atoms with Gasteiger partial charge in [-0.15, -0.1) is 0 Å². The lowest BCUT2D eigenvalue weighted by Crippen LogP contribution is -2.13. The Morgan fingerprint density at radius 3 is 2.55 bits per heavy atom. The topological polar surface area (TPSA) is 34.9 Å². The molecule has 0 saturated heterocycles. The Labute approximate surface area is 117 Å². The van der Waals surface area contributed by atoms with Gasteiger partial charge >= 0.3 is 6.43 Å². The first-order valence-corrected chi connectivity index (χ1v) is 6.37. The molecule has 0 bridgehead atoms. The van der Waals surface area contributed by atoms with Gasteiger partial charge in [0.2, 0.25) is 5.78 Å². The van der Waals surface area contributed by atoms with Crippen LogP contribution in [-0.4, -0.2) is 22.0 Å². The van der Waals surface area contributed by atoms with E-state index in [1.807, 2.05) is 13.8 Å². The van der Waals surface area contributed by atoms with Gasteiger partial charge in [-0.25, -0.2) is 13.5 Å². The van der Waals surface area contributed by atoms with Crippen LogP contribution in [0.15, 0.2) is 47.8 Å². The summed E-state index contributed by atoms with van der Waals surface area (Å²) in [4.78, 5) is 11.5. The second-order valence-corrected chi connectivity index (χ2v) is 4.21. The van der Waals surface area contributed by atoms with Crippen LogP contribution in [0.3, 0.4) is 0 Å². The van der Waals surface area contributed by atoms with E-state index in [4.69, 9.17) is 0 Å². The van der Waals surface area contributed by atoms with Gasteiger partial charge in [0.25, 0.3) is 0 Å². The highest BCUT2D eigenvalue weighted by Crippen LogP contribution is 2.16. The maximum atomic E-state index is 12.6. The van der Waals surface area contributed by atoms with Crippen LogP contribution in [0.1, 0.15) is 27.2 Å². The van der Waals surface area contributed by atoms with Crippen molar-refractivity contribution in [2.24, 2.45) is 0 Å². The normalized spacial score (nSPS) is 14.0. The average Bonchev–Trinajstić information content (AvgIpc) is 2.96. The first-order chi connectivity index (χ1) is 9.51. The van der Waals surface area contributed by atoms with Crippen molar-refractivity contribution in [2.75, 3.05) is 0 Å². The summed E-state index contributed by atoms with van der Waals surface area (Å²) in [5.41, 5.74) is 1.41. The van der Waals surface area contributed by atoms with Gasteiger partial charge in [-0.1, -0.05) is 18.6 Å².